The lowest BCUT2D eigenvalue weighted by atomic mass is 10.2. The molecule has 0 fully saturated rings. The number of nitrogens with one attached hydrogen (secondary N) is 1. The van der Waals surface area contributed by atoms with Crippen molar-refractivity contribution in [2.45, 2.75) is 0 Å². The van der Waals surface area contributed by atoms with E-state index in [1.54, 1.807) is 36.4 Å². The Bertz CT molecular complexity index is 1110. The Balaban J connectivity index is 1.37. The molecule has 3 aromatic carbocycles. The molecular formula is C22H16FN3O3. The topological polar surface area (TPSA) is 77.2 Å². The number of para-hydroxylation sites is 1. The molecule has 4 aromatic rings. The number of amides is 1. The Morgan fingerprint density at radius 3 is 2.41 bits per heavy atom. The van der Waals surface area contributed by atoms with E-state index in [9.17, 15) is 9.18 Å². The highest BCUT2D eigenvalue weighted by molar-refractivity contribution is 5.91. The number of anilines is 1. The standard InChI is InChI=1S/C22H16FN3O3/c23-18-8-4-5-9-19(18)24-20(27)14-28-17-12-10-16(11-13-17)22-25-21(26-29-22)15-6-2-1-3-7-15/h1-13H,14H2,(H,24,27). The summed E-state index contributed by atoms with van der Waals surface area (Å²) in [6, 6.07) is 22.4. The van der Waals surface area contributed by atoms with Gasteiger partial charge in [-0.25, -0.2) is 4.39 Å². The third kappa shape index (κ3) is 4.47. The Hall–Kier alpha value is -4.00. The van der Waals surface area contributed by atoms with Crippen molar-refractivity contribution >= 4 is 11.6 Å². The van der Waals surface area contributed by atoms with Crippen LogP contribution >= 0.6 is 0 Å². The molecule has 0 saturated heterocycles. The summed E-state index contributed by atoms with van der Waals surface area (Å²) < 4.78 is 24.3. The predicted molar refractivity (Wildman–Crippen MR) is 106 cm³/mol. The van der Waals surface area contributed by atoms with Crippen molar-refractivity contribution in [2.75, 3.05) is 11.9 Å². The van der Waals surface area contributed by atoms with Crippen LogP contribution in [-0.4, -0.2) is 22.7 Å². The number of benzene rings is 3. The lowest BCUT2D eigenvalue weighted by molar-refractivity contribution is -0.118. The molecule has 144 valence electrons. The molecule has 4 rings (SSSR count). The van der Waals surface area contributed by atoms with Crippen LogP contribution in [0.15, 0.2) is 83.4 Å². The van der Waals surface area contributed by atoms with Crippen LogP contribution in [0.3, 0.4) is 0 Å². The van der Waals surface area contributed by atoms with Crippen LogP contribution in [0.25, 0.3) is 22.8 Å². The number of rotatable bonds is 6. The number of ether oxygens (including phenoxy) is 1. The summed E-state index contributed by atoms with van der Waals surface area (Å²) in [4.78, 5) is 16.3. The van der Waals surface area contributed by atoms with E-state index in [0.29, 0.717) is 17.5 Å². The zero-order valence-electron chi connectivity index (χ0n) is 15.2. The van der Waals surface area contributed by atoms with E-state index in [4.69, 9.17) is 9.26 Å². The van der Waals surface area contributed by atoms with E-state index in [1.807, 2.05) is 30.3 Å². The van der Waals surface area contributed by atoms with Gasteiger partial charge in [0, 0.05) is 11.1 Å². The quantitative estimate of drug-likeness (QED) is 0.523. The smallest absolute Gasteiger partial charge is 0.262 e. The third-order valence-electron chi connectivity index (χ3n) is 4.08. The van der Waals surface area contributed by atoms with Gasteiger partial charge < -0.3 is 14.6 Å². The van der Waals surface area contributed by atoms with Crippen molar-refractivity contribution in [3.05, 3.63) is 84.7 Å². The second-order valence-electron chi connectivity index (χ2n) is 6.13. The maximum atomic E-state index is 13.6. The summed E-state index contributed by atoms with van der Waals surface area (Å²) in [5.74, 6) is 0.418. The van der Waals surface area contributed by atoms with Crippen LogP contribution in [0.2, 0.25) is 0 Å². The summed E-state index contributed by atoms with van der Waals surface area (Å²) in [7, 11) is 0. The molecule has 29 heavy (non-hydrogen) atoms. The van der Waals surface area contributed by atoms with Crippen molar-refractivity contribution in [3.8, 4) is 28.6 Å². The second-order valence-corrected chi connectivity index (χ2v) is 6.13. The minimum Gasteiger partial charge on any atom is -0.484 e. The van der Waals surface area contributed by atoms with Gasteiger partial charge >= 0.3 is 0 Å². The zero-order chi connectivity index (χ0) is 20.1. The molecule has 0 bridgehead atoms. The number of carbonyl (C=O) groups excluding carboxylic acids is 1. The monoisotopic (exact) mass is 389 g/mol. The average Bonchev–Trinajstić information content (AvgIpc) is 3.25. The number of carbonyl (C=O) groups is 1. The summed E-state index contributed by atoms with van der Waals surface area (Å²) in [5, 5.41) is 6.45. The summed E-state index contributed by atoms with van der Waals surface area (Å²) in [6.45, 7) is -0.244. The highest BCUT2D eigenvalue weighted by Crippen LogP contribution is 2.24. The van der Waals surface area contributed by atoms with Crippen LogP contribution in [-0.2, 0) is 4.79 Å². The lowest BCUT2D eigenvalue weighted by Gasteiger charge is -2.08. The van der Waals surface area contributed by atoms with Crippen LogP contribution in [0, 0.1) is 5.82 Å². The van der Waals surface area contributed by atoms with Gasteiger partial charge in [0.25, 0.3) is 11.8 Å². The minimum atomic E-state index is -0.500. The molecular weight excluding hydrogens is 373 g/mol. The number of nitrogens with zero attached hydrogens (tertiary/aromatic N) is 2. The molecule has 0 radical (unpaired) electrons. The number of aromatic nitrogens is 2. The zero-order valence-corrected chi connectivity index (χ0v) is 15.2. The predicted octanol–water partition coefficient (Wildman–Crippen LogP) is 4.56. The molecule has 0 unspecified atom stereocenters. The van der Waals surface area contributed by atoms with Gasteiger partial charge in [-0.15, -0.1) is 0 Å². The van der Waals surface area contributed by atoms with E-state index in [1.165, 1.54) is 12.1 Å². The molecule has 1 amide bonds. The molecule has 7 heteroatoms. The van der Waals surface area contributed by atoms with E-state index in [2.05, 4.69) is 15.5 Å². The van der Waals surface area contributed by atoms with Crippen LogP contribution in [0.5, 0.6) is 5.75 Å². The van der Waals surface area contributed by atoms with Gasteiger partial charge in [0.05, 0.1) is 5.69 Å². The molecule has 0 aliphatic carbocycles. The lowest BCUT2D eigenvalue weighted by Crippen LogP contribution is -2.20. The molecule has 0 saturated carbocycles. The van der Waals surface area contributed by atoms with E-state index < -0.39 is 11.7 Å². The summed E-state index contributed by atoms with van der Waals surface area (Å²) in [6.07, 6.45) is 0. The van der Waals surface area contributed by atoms with E-state index in [0.717, 1.165) is 11.1 Å². The molecule has 0 aliphatic rings. The first-order valence-corrected chi connectivity index (χ1v) is 8.86. The number of halogens is 1. The fourth-order valence-corrected chi connectivity index (χ4v) is 2.64. The van der Waals surface area contributed by atoms with Crippen molar-refractivity contribution < 1.29 is 18.4 Å². The second kappa shape index (κ2) is 8.35. The third-order valence-corrected chi connectivity index (χ3v) is 4.08. The summed E-state index contributed by atoms with van der Waals surface area (Å²) >= 11 is 0. The first-order valence-electron chi connectivity index (χ1n) is 8.86. The normalized spacial score (nSPS) is 10.5. The van der Waals surface area contributed by atoms with E-state index in [-0.39, 0.29) is 12.3 Å². The first kappa shape index (κ1) is 18.4. The van der Waals surface area contributed by atoms with Gasteiger partial charge in [-0.2, -0.15) is 4.98 Å². The van der Waals surface area contributed by atoms with Gasteiger partial charge in [-0.3, -0.25) is 4.79 Å². The molecule has 0 spiro atoms. The van der Waals surface area contributed by atoms with Gasteiger partial charge in [0.1, 0.15) is 11.6 Å². The van der Waals surface area contributed by atoms with Gasteiger partial charge in [-0.1, -0.05) is 47.6 Å². The van der Waals surface area contributed by atoms with Crippen LogP contribution < -0.4 is 10.1 Å². The molecule has 0 atom stereocenters. The maximum absolute atomic E-state index is 13.6. The fourth-order valence-electron chi connectivity index (χ4n) is 2.64. The molecule has 1 aromatic heterocycles. The van der Waals surface area contributed by atoms with Gasteiger partial charge in [0.15, 0.2) is 6.61 Å². The van der Waals surface area contributed by atoms with Gasteiger partial charge in [-0.05, 0) is 36.4 Å². The van der Waals surface area contributed by atoms with Crippen molar-refractivity contribution in [1.29, 1.82) is 0 Å². The highest BCUT2D eigenvalue weighted by Gasteiger charge is 2.11. The van der Waals surface area contributed by atoms with Crippen molar-refractivity contribution in [3.63, 3.8) is 0 Å². The van der Waals surface area contributed by atoms with Gasteiger partial charge in [0.2, 0.25) is 5.82 Å². The van der Waals surface area contributed by atoms with E-state index >= 15 is 0 Å². The molecule has 6 nitrogen and oxygen atoms in total. The highest BCUT2D eigenvalue weighted by atomic mass is 19.1. The fraction of sp³-hybridized carbons (Fsp3) is 0.0455. The molecule has 1 N–H and O–H groups in total. The minimum absolute atomic E-state index is 0.113. The average molecular weight is 389 g/mol. The number of hydrogen-bond acceptors (Lipinski definition) is 5. The molecule has 1 heterocycles. The van der Waals surface area contributed by atoms with Crippen LogP contribution in [0.4, 0.5) is 10.1 Å². The first-order chi connectivity index (χ1) is 14.2. The molecule has 0 aliphatic heterocycles. The Kier molecular flexibility index (Phi) is 5.29. The van der Waals surface area contributed by atoms with Crippen LogP contribution in [0.1, 0.15) is 0 Å². The Morgan fingerprint density at radius 1 is 0.931 bits per heavy atom. The van der Waals surface area contributed by atoms with Crippen molar-refractivity contribution in [2.24, 2.45) is 0 Å². The Morgan fingerprint density at radius 2 is 1.66 bits per heavy atom. The van der Waals surface area contributed by atoms with Crippen molar-refractivity contribution in [1.82, 2.24) is 10.1 Å². The number of hydrogen-bond donors (Lipinski definition) is 1. The Labute approximate surface area is 166 Å². The summed E-state index contributed by atoms with van der Waals surface area (Å²) in [5.41, 5.74) is 1.70. The largest absolute Gasteiger partial charge is 0.484 e. The SMILES string of the molecule is O=C(COc1ccc(-c2nc(-c3ccccc3)no2)cc1)Nc1ccccc1F. The maximum Gasteiger partial charge on any atom is 0.262 e.